The third-order valence-corrected chi connectivity index (χ3v) is 12.8. The topological polar surface area (TPSA) is 204 Å². The molecule has 2 aliphatic carbocycles. The Labute approximate surface area is 354 Å². The van der Waals surface area contributed by atoms with Gasteiger partial charge in [0.2, 0.25) is 17.7 Å². The summed E-state index contributed by atoms with van der Waals surface area (Å²) in [6, 6.07) is 9.79. The number of amides is 6. The maximum absolute atomic E-state index is 13.2. The minimum Gasteiger partial charge on any atom is -0.490 e. The van der Waals surface area contributed by atoms with Crippen molar-refractivity contribution in [2.24, 2.45) is 5.92 Å². The van der Waals surface area contributed by atoms with Gasteiger partial charge < -0.3 is 24.6 Å². The van der Waals surface area contributed by atoms with E-state index in [1.807, 2.05) is 30.9 Å². The lowest BCUT2D eigenvalue weighted by Gasteiger charge is -2.44. The molecule has 0 radical (unpaired) electrons. The van der Waals surface area contributed by atoms with Crippen LogP contribution in [0.4, 0.5) is 5.82 Å². The molecule has 1 unspecified atom stereocenters. The number of benzene rings is 2. The first-order chi connectivity index (χ1) is 29.3. The molecule has 3 aliphatic heterocycles. The van der Waals surface area contributed by atoms with Crippen LogP contribution in [0.25, 0.3) is 0 Å². The van der Waals surface area contributed by atoms with Gasteiger partial charge in [-0.05, 0) is 106 Å². The third-order valence-electron chi connectivity index (χ3n) is 12.8. The highest BCUT2D eigenvalue weighted by Crippen LogP contribution is 2.35. The summed E-state index contributed by atoms with van der Waals surface area (Å²) in [6.45, 7) is 7.56. The predicted molar refractivity (Wildman–Crippen MR) is 220 cm³/mol. The van der Waals surface area contributed by atoms with Crippen molar-refractivity contribution >= 4 is 41.3 Å². The van der Waals surface area contributed by atoms with E-state index in [0.29, 0.717) is 42.4 Å². The summed E-state index contributed by atoms with van der Waals surface area (Å²) < 4.78 is 12.4. The van der Waals surface area contributed by atoms with E-state index >= 15 is 0 Å². The Balaban J connectivity index is 0.762. The van der Waals surface area contributed by atoms with E-state index < -0.39 is 29.7 Å². The Morgan fingerprint density at radius 1 is 0.869 bits per heavy atom. The number of hydrogen-bond donors (Lipinski definition) is 2. The summed E-state index contributed by atoms with van der Waals surface area (Å²) in [5.74, 6) is -0.246. The molecular weight excluding hydrogens is 781 g/mol. The van der Waals surface area contributed by atoms with E-state index in [1.165, 1.54) is 18.3 Å². The van der Waals surface area contributed by atoms with Crippen LogP contribution in [-0.4, -0.2) is 105 Å². The number of aryl methyl sites for hydroxylation is 2. The van der Waals surface area contributed by atoms with Gasteiger partial charge in [-0.25, -0.2) is 9.97 Å². The Morgan fingerprint density at radius 2 is 1.56 bits per heavy atom. The first-order valence-corrected chi connectivity index (χ1v) is 21.2. The fraction of sp³-hybridized carbons (Fsp3) is 0.489. The number of hydrogen-bond acceptors (Lipinski definition) is 12. The zero-order chi connectivity index (χ0) is 42.9. The van der Waals surface area contributed by atoms with Crippen molar-refractivity contribution in [2.75, 3.05) is 24.5 Å². The van der Waals surface area contributed by atoms with Gasteiger partial charge in [0.05, 0.1) is 41.3 Å². The summed E-state index contributed by atoms with van der Waals surface area (Å²) in [5.41, 5.74) is 3.12. The van der Waals surface area contributed by atoms with Gasteiger partial charge in [0.1, 0.15) is 35.2 Å². The van der Waals surface area contributed by atoms with Gasteiger partial charge in [0.15, 0.2) is 0 Å². The van der Waals surface area contributed by atoms with Gasteiger partial charge in [-0.15, -0.1) is 0 Å². The lowest BCUT2D eigenvalue weighted by atomic mass is 9.86. The summed E-state index contributed by atoms with van der Waals surface area (Å²) >= 11 is 0. The Hall–Kier alpha value is -6.37. The standard InChI is InChI=1S/C45H50N8O8/c1-25-16-33(17-26(2)37(25)21-46)60-31-6-4-29(5-7-31)49-42(56)38-22-48-40(23-47-38)51-14-12-28(13-15-51)24-52(27(3)54)30-18-34(19-30)61-32-8-9-35-36(20-32)45(59)53(44(35)58)39-10-11-41(55)50-43(39)57/h8-9,16-17,20,22-23,28-31,34,39H,4-7,10-15,18-19,24H2,1-3H3,(H,49,56)(H,50,55,57). The molecule has 1 atom stereocenters. The maximum atomic E-state index is 13.2. The molecule has 0 spiro atoms. The summed E-state index contributed by atoms with van der Waals surface area (Å²) in [7, 11) is 0. The molecule has 3 aromatic rings. The second-order valence-electron chi connectivity index (χ2n) is 17.0. The fourth-order valence-electron chi connectivity index (χ4n) is 9.31. The van der Waals surface area contributed by atoms with E-state index in [2.05, 4.69) is 31.6 Å². The van der Waals surface area contributed by atoms with E-state index in [9.17, 15) is 34.0 Å². The summed E-state index contributed by atoms with van der Waals surface area (Å²) in [5, 5.41) is 14.7. The molecule has 8 rings (SSSR count). The van der Waals surface area contributed by atoms with Gasteiger partial charge in [0, 0.05) is 57.9 Å². The van der Waals surface area contributed by atoms with Crippen LogP contribution in [0.3, 0.4) is 0 Å². The van der Waals surface area contributed by atoms with E-state index in [-0.39, 0.29) is 65.8 Å². The lowest BCUT2D eigenvalue weighted by molar-refractivity contribution is -0.137. The van der Waals surface area contributed by atoms with E-state index in [0.717, 1.165) is 73.4 Å². The molecule has 2 N–H and O–H groups in total. The molecule has 16 nitrogen and oxygen atoms in total. The van der Waals surface area contributed by atoms with Crippen LogP contribution in [0.2, 0.25) is 0 Å². The van der Waals surface area contributed by atoms with Gasteiger partial charge in [-0.1, -0.05) is 0 Å². The van der Waals surface area contributed by atoms with Gasteiger partial charge in [0.25, 0.3) is 17.7 Å². The Kier molecular flexibility index (Phi) is 11.7. The molecule has 6 amide bonds. The molecule has 4 heterocycles. The summed E-state index contributed by atoms with van der Waals surface area (Å²) in [6.07, 6.45) is 9.42. The fourth-order valence-corrected chi connectivity index (χ4v) is 9.31. The zero-order valence-electron chi connectivity index (χ0n) is 34.6. The number of rotatable bonds is 11. The average molecular weight is 831 g/mol. The number of piperidine rings is 2. The van der Waals surface area contributed by atoms with Gasteiger partial charge in [-0.2, -0.15) is 5.26 Å². The van der Waals surface area contributed by atoms with E-state index in [1.54, 1.807) is 19.2 Å². The van der Waals surface area contributed by atoms with Crippen LogP contribution in [-0.2, 0) is 14.4 Å². The second kappa shape index (κ2) is 17.3. The van der Waals surface area contributed by atoms with Crippen molar-refractivity contribution < 1.29 is 38.2 Å². The van der Waals surface area contributed by atoms with Crippen molar-refractivity contribution in [3.05, 3.63) is 76.2 Å². The second-order valence-corrected chi connectivity index (χ2v) is 17.0. The van der Waals surface area contributed by atoms with Gasteiger partial charge in [-0.3, -0.25) is 39.0 Å². The number of ether oxygens (including phenoxy) is 2. The van der Waals surface area contributed by atoms with Crippen molar-refractivity contribution in [2.45, 2.75) is 115 Å². The smallest absolute Gasteiger partial charge is 0.271 e. The van der Waals surface area contributed by atoms with Crippen molar-refractivity contribution in [1.29, 1.82) is 5.26 Å². The van der Waals surface area contributed by atoms with Gasteiger partial charge >= 0.3 is 0 Å². The minimum atomic E-state index is -1.03. The number of anilines is 1. The van der Waals surface area contributed by atoms with E-state index in [4.69, 9.17) is 9.47 Å². The molecular formula is C45H50N8O8. The largest absolute Gasteiger partial charge is 0.490 e. The highest BCUT2D eigenvalue weighted by molar-refractivity contribution is 6.23. The summed E-state index contributed by atoms with van der Waals surface area (Å²) in [4.78, 5) is 90.3. The first-order valence-electron chi connectivity index (χ1n) is 21.2. The van der Waals surface area contributed by atoms with Crippen molar-refractivity contribution in [3.8, 4) is 17.6 Å². The van der Waals surface area contributed by atoms with Crippen LogP contribution < -0.4 is 25.0 Å². The highest BCUT2D eigenvalue weighted by atomic mass is 16.5. The molecule has 0 bridgehead atoms. The molecule has 4 fully saturated rings. The molecule has 16 heteroatoms. The number of nitriles is 1. The van der Waals surface area contributed by atoms with Crippen LogP contribution in [0.15, 0.2) is 42.7 Å². The number of imide groups is 2. The zero-order valence-corrected chi connectivity index (χ0v) is 34.6. The first kappa shape index (κ1) is 41.4. The highest BCUT2D eigenvalue weighted by Gasteiger charge is 2.45. The van der Waals surface area contributed by atoms with Crippen LogP contribution >= 0.6 is 0 Å². The predicted octanol–water partition coefficient (Wildman–Crippen LogP) is 4.16. The monoisotopic (exact) mass is 830 g/mol. The molecule has 2 saturated heterocycles. The normalized spacial score (nSPS) is 24.0. The maximum Gasteiger partial charge on any atom is 0.271 e. The number of nitrogens with one attached hydrogen (secondary N) is 2. The lowest BCUT2D eigenvalue weighted by Crippen LogP contribution is -2.54. The molecule has 61 heavy (non-hydrogen) atoms. The number of aromatic nitrogens is 2. The molecule has 1 aromatic heterocycles. The molecule has 2 saturated carbocycles. The third kappa shape index (κ3) is 8.78. The number of carbonyl (C=O) groups is 6. The number of carbonyl (C=O) groups excluding carboxylic acids is 6. The van der Waals surface area contributed by atoms with Crippen molar-refractivity contribution in [1.82, 2.24) is 30.4 Å². The Bertz CT molecular complexity index is 2260. The quantitative estimate of drug-likeness (QED) is 0.262. The molecule has 5 aliphatic rings. The van der Waals surface area contributed by atoms with Crippen LogP contribution in [0, 0.1) is 31.1 Å². The molecule has 318 valence electrons. The SMILES string of the molecule is CC(=O)N(CC1CCN(c2cnc(C(=O)NC3CCC(Oc4cc(C)c(C#N)c(C)c4)CC3)cn2)CC1)C1CC(Oc2ccc3c(c2)C(=O)N(C2CCC(=O)NC2=O)C3=O)C1. The van der Waals surface area contributed by atoms with Crippen LogP contribution in [0.5, 0.6) is 11.5 Å². The van der Waals surface area contributed by atoms with Crippen molar-refractivity contribution in [3.63, 3.8) is 0 Å². The minimum absolute atomic E-state index is 0.00965. The number of nitrogens with zero attached hydrogens (tertiary/aromatic N) is 6. The number of fused-ring (bicyclic) bond motifs is 1. The molecule has 2 aromatic carbocycles. The average Bonchev–Trinajstić information content (AvgIpc) is 3.47. The van der Waals surface area contributed by atoms with Crippen LogP contribution in [0.1, 0.15) is 119 Å². The Morgan fingerprint density at radius 3 is 2.20 bits per heavy atom.